The Hall–Kier alpha value is -1.74. The maximum Gasteiger partial charge on any atom is 0.130 e. The predicted molar refractivity (Wildman–Crippen MR) is 73.4 cm³/mol. The molecular weight excluding hydrogens is 239 g/mol. The second-order valence-corrected chi connectivity index (χ2v) is 5.20. The van der Waals surface area contributed by atoms with Crippen LogP contribution >= 0.6 is 0 Å². The first-order chi connectivity index (χ1) is 9.18. The number of rotatable bonds is 2. The monoisotopic (exact) mass is 256 g/mol. The van der Waals surface area contributed by atoms with Crippen molar-refractivity contribution in [1.82, 2.24) is 4.98 Å². The van der Waals surface area contributed by atoms with E-state index in [1.165, 1.54) is 5.56 Å². The molecule has 3 rings (SSSR count). The van der Waals surface area contributed by atoms with Crippen molar-refractivity contribution >= 4 is 0 Å². The molecule has 1 aromatic carbocycles. The highest BCUT2D eigenvalue weighted by Crippen LogP contribution is 2.39. The highest BCUT2D eigenvalue weighted by molar-refractivity contribution is 5.35. The lowest BCUT2D eigenvalue weighted by Gasteiger charge is -2.21. The van der Waals surface area contributed by atoms with Gasteiger partial charge < -0.3 is 5.73 Å². The third-order valence-electron chi connectivity index (χ3n) is 4.02. The van der Waals surface area contributed by atoms with Crippen LogP contribution < -0.4 is 5.73 Å². The Morgan fingerprint density at radius 2 is 2.16 bits per heavy atom. The summed E-state index contributed by atoms with van der Waals surface area (Å²) in [5.41, 5.74) is 9.84. The van der Waals surface area contributed by atoms with Gasteiger partial charge in [0.25, 0.3) is 0 Å². The zero-order valence-electron chi connectivity index (χ0n) is 10.9. The van der Waals surface area contributed by atoms with Gasteiger partial charge in [0.2, 0.25) is 0 Å². The summed E-state index contributed by atoms with van der Waals surface area (Å²) in [5, 5.41) is 0. The molecule has 0 radical (unpaired) electrons. The fraction of sp³-hybridized carbons (Fsp3) is 0.312. The van der Waals surface area contributed by atoms with Crippen molar-refractivity contribution in [2.45, 2.75) is 31.7 Å². The summed E-state index contributed by atoms with van der Waals surface area (Å²) in [5.74, 6) is -0.0631. The second kappa shape index (κ2) is 4.74. The van der Waals surface area contributed by atoms with Crippen molar-refractivity contribution in [2.75, 3.05) is 0 Å². The first kappa shape index (κ1) is 12.3. The van der Waals surface area contributed by atoms with Gasteiger partial charge in [-0.2, -0.15) is 0 Å². The fourth-order valence-electron chi connectivity index (χ4n) is 2.94. The summed E-state index contributed by atoms with van der Waals surface area (Å²) >= 11 is 0. The van der Waals surface area contributed by atoms with Crippen LogP contribution in [0.25, 0.3) is 0 Å². The van der Waals surface area contributed by atoms with Crippen molar-refractivity contribution < 1.29 is 4.39 Å². The third-order valence-corrected chi connectivity index (χ3v) is 4.02. The van der Waals surface area contributed by atoms with E-state index in [0.717, 1.165) is 18.5 Å². The zero-order chi connectivity index (χ0) is 13.4. The molecule has 2 atom stereocenters. The van der Waals surface area contributed by atoms with E-state index in [-0.39, 0.29) is 17.8 Å². The van der Waals surface area contributed by atoms with Crippen LogP contribution in [0.4, 0.5) is 4.39 Å². The number of halogens is 1. The van der Waals surface area contributed by atoms with Gasteiger partial charge >= 0.3 is 0 Å². The predicted octanol–water partition coefficient (Wildman–Crippen LogP) is 3.26. The minimum Gasteiger partial charge on any atom is -0.323 e. The molecule has 0 spiro atoms. The minimum absolute atomic E-state index is 0.118. The summed E-state index contributed by atoms with van der Waals surface area (Å²) in [6.07, 6.45) is 3.71. The lowest BCUT2D eigenvalue weighted by Crippen LogP contribution is -2.20. The van der Waals surface area contributed by atoms with E-state index in [1.54, 1.807) is 25.3 Å². The van der Waals surface area contributed by atoms with Gasteiger partial charge in [-0.15, -0.1) is 0 Å². The molecule has 1 aromatic heterocycles. The van der Waals surface area contributed by atoms with Crippen molar-refractivity contribution in [1.29, 1.82) is 0 Å². The molecule has 1 heterocycles. The molecule has 0 saturated carbocycles. The third kappa shape index (κ3) is 2.04. The fourth-order valence-corrected chi connectivity index (χ4v) is 2.94. The molecule has 3 heteroatoms. The lowest BCUT2D eigenvalue weighted by molar-refractivity contribution is 0.505. The molecule has 0 aliphatic heterocycles. The maximum atomic E-state index is 14.2. The number of nitrogens with zero attached hydrogens (tertiary/aromatic N) is 1. The summed E-state index contributed by atoms with van der Waals surface area (Å²) in [7, 11) is 0. The van der Waals surface area contributed by atoms with Crippen LogP contribution in [-0.4, -0.2) is 4.98 Å². The average molecular weight is 256 g/mol. The number of pyridine rings is 1. The van der Waals surface area contributed by atoms with Gasteiger partial charge in [0.1, 0.15) is 5.82 Å². The van der Waals surface area contributed by atoms with E-state index < -0.39 is 0 Å². The van der Waals surface area contributed by atoms with E-state index in [9.17, 15) is 4.39 Å². The number of aromatic nitrogens is 1. The summed E-state index contributed by atoms with van der Waals surface area (Å²) in [6, 6.07) is 9.13. The first-order valence-corrected chi connectivity index (χ1v) is 6.63. The Morgan fingerprint density at radius 1 is 1.32 bits per heavy atom. The van der Waals surface area contributed by atoms with Crippen LogP contribution in [-0.2, 0) is 6.42 Å². The SMILES string of the molecule is Cc1cccc(C(N)C2CCc3cccnc32)c1F. The Morgan fingerprint density at radius 3 is 3.00 bits per heavy atom. The summed E-state index contributed by atoms with van der Waals surface area (Å²) < 4.78 is 14.2. The van der Waals surface area contributed by atoms with Crippen LogP contribution in [0, 0.1) is 12.7 Å². The van der Waals surface area contributed by atoms with Crippen LogP contribution in [0.15, 0.2) is 36.5 Å². The molecule has 0 fully saturated rings. The highest BCUT2D eigenvalue weighted by Gasteiger charge is 2.31. The van der Waals surface area contributed by atoms with Crippen molar-refractivity contribution in [3.8, 4) is 0 Å². The molecule has 0 bridgehead atoms. The molecule has 0 amide bonds. The van der Waals surface area contributed by atoms with E-state index in [4.69, 9.17) is 5.73 Å². The molecular formula is C16H17FN2. The zero-order valence-corrected chi connectivity index (χ0v) is 10.9. The van der Waals surface area contributed by atoms with Gasteiger partial charge in [-0.1, -0.05) is 24.3 Å². The minimum atomic E-state index is -0.323. The van der Waals surface area contributed by atoms with E-state index in [2.05, 4.69) is 11.1 Å². The number of aryl methyl sites for hydroxylation is 2. The van der Waals surface area contributed by atoms with Gasteiger partial charge in [-0.05, 0) is 37.0 Å². The first-order valence-electron chi connectivity index (χ1n) is 6.63. The molecule has 1 aliphatic rings. The van der Waals surface area contributed by atoms with Crippen LogP contribution in [0.5, 0.6) is 0 Å². The quantitative estimate of drug-likeness (QED) is 0.895. The van der Waals surface area contributed by atoms with Gasteiger partial charge in [0.15, 0.2) is 0 Å². The molecule has 19 heavy (non-hydrogen) atoms. The number of benzene rings is 1. The molecule has 98 valence electrons. The molecule has 0 saturated heterocycles. The summed E-state index contributed by atoms with van der Waals surface area (Å²) in [6.45, 7) is 1.77. The van der Waals surface area contributed by atoms with Crippen molar-refractivity contribution in [2.24, 2.45) is 5.73 Å². The second-order valence-electron chi connectivity index (χ2n) is 5.20. The van der Waals surface area contributed by atoms with E-state index >= 15 is 0 Å². The Kier molecular flexibility index (Phi) is 3.07. The van der Waals surface area contributed by atoms with Gasteiger partial charge in [-0.3, -0.25) is 4.98 Å². The molecule has 2 nitrogen and oxygen atoms in total. The molecule has 2 N–H and O–H groups in total. The number of hydrogen-bond donors (Lipinski definition) is 1. The Labute approximate surface area is 112 Å². The standard InChI is InChI=1S/C16H17FN2/c1-10-4-2-6-12(14(10)17)15(18)13-8-7-11-5-3-9-19-16(11)13/h2-6,9,13,15H,7-8,18H2,1H3. The number of nitrogens with two attached hydrogens (primary N) is 1. The molecule has 1 aliphatic carbocycles. The van der Waals surface area contributed by atoms with Crippen LogP contribution in [0.3, 0.4) is 0 Å². The van der Waals surface area contributed by atoms with Crippen LogP contribution in [0.2, 0.25) is 0 Å². The van der Waals surface area contributed by atoms with E-state index in [1.807, 2.05) is 12.1 Å². The molecule has 2 aromatic rings. The van der Waals surface area contributed by atoms with Crippen molar-refractivity contribution in [3.05, 3.63) is 64.7 Å². The van der Waals surface area contributed by atoms with Crippen molar-refractivity contribution in [3.63, 3.8) is 0 Å². The lowest BCUT2D eigenvalue weighted by atomic mass is 9.90. The Balaban J connectivity index is 1.98. The van der Waals surface area contributed by atoms with Gasteiger partial charge in [0, 0.05) is 29.4 Å². The van der Waals surface area contributed by atoms with Gasteiger partial charge in [0.05, 0.1) is 0 Å². The van der Waals surface area contributed by atoms with Gasteiger partial charge in [-0.25, -0.2) is 4.39 Å². The van der Waals surface area contributed by atoms with Crippen LogP contribution in [0.1, 0.15) is 40.8 Å². The molecule has 2 unspecified atom stereocenters. The Bertz CT molecular complexity index is 609. The topological polar surface area (TPSA) is 38.9 Å². The smallest absolute Gasteiger partial charge is 0.130 e. The largest absolute Gasteiger partial charge is 0.323 e. The van der Waals surface area contributed by atoms with E-state index in [0.29, 0.717) is 11.1 Å². The number of hydrogen-bond acceptors (Lipinski definition) is 2. The highest BCUT2D eigenvalue weighted by atomic mass is 19.1. The summed E-state index contributed by atoms with van der Waals surface area (Å²) in [4.78, 5) is 4.44. The number of fused-ring (bicyclic) bond motifs is 1. The normalized spacial score (nSPS) is 19.2. The maximum absolute atomic E-state index is 14.2. The average Bonchev–Trinajstić information content (AvgIpc) is 2.85.